The number of hydrogen-bond donors (Lipinski definition) is 2. The smallest absolute Gasteiger partial charge is 0.266 e. The summed E-state index contributed by atoms with van der Waals surface area (Å²) in [5, 5.41) is 15.1. The van der Waals surface area contributed by atoms with Crippen LogP contribution in [0.15, 0.2) is 29.8 Å². The Labute approximate surface area is 169 Å². The maximum Gasteiger partial charge on any atom is 0.266 e. The second-order valence-electron chi connectivity index (χ2n) is 6.48. The summed E-state index contributed by atoms with van der Waals surface area (Å²) in [7, 11) is 0. The number of aryl methyl sites for hydroxylation is 1. The number of carbonyl (C=O) groups excluding carboxylic acids is 2. The van der Waals surface area contributed by atoms with Crippen LogP contribution in [0, 0.1) is 25.2 Å². The predicted molar refractivity (Wildman–Crippen MR) is 112 cm³/mol. The van der Waals surface area contributed by atoms with Crippen LogP contribution in [0.2, 0.25) is 5.02 Å². The minimum absolute atomic E-state index is 0.00669. The molecule has 0 saturated carbocycles. The molecule has 0 bridgehead atoms. The first-order valence-corrected chi connectivity index (χ1v) is 9.31. The number of rotatable bonds is 6. The van der Waals surface area contributed by atoms with E-state index in [-0.39, 0.29) is 11.5 Å². The molecule has 0 atom stereocenters. The average molecular weight is 399 g/mol. The Balaban J connectivity index is 2.28. The molecule has 0 radical (unpaired) electrons. The van der Waals surface area contributed by atoms with Crippen molar-refractivity contribution in [2.24, 2.45) is 0 Å². The molecule has 2 aromatic rings. The van der Waals surface area contributed by atoms with Crippen LogP contribution < -0.4 is 10.6 Å². The molecule has 0 unspecified atom stereocenters. The van der Waals surface area contributed by atoms with Gasteiger partial charge in [-0.05, 0) is 56.2 Å². The summed E-state index contributed by atoms with van der Waals surface area (Å²) in [5.74, 6) is -0.802. The number of nitrogens with zero attached hydrogens (tertiary/aromatic N) is 2. The van der Waals surface area contributed by atoms with Crippen LogP contribution >= 0.6 is 11.6 Å². The Morgan fingerprint density at radius 1 is 1.25 bits per heavy atom. The second-order valence-corrected chi connectivity index (χ2v) is 6.89. The third-order valence-electron chi connectivity index (χ3n) is 4.26. The summed E-state index contributed by atoms with van der Waals surface area (Å²) >= 11 is 6.04. The highest BCUT2D eigenvalue weighted by atomic mass is 35.5. The molecule has 0 aliphatic heterocycles. The minimum Gasteiger partial charge on any atom is -0.349 e. The fourth-order valence-electron chi connectivity index (χ4n) is 2.93. The van der Waals surface area contributed by atoms with E-state index < -0.39 is 5.91 Å². The maximum absolute atomic E-state index is 12.6. The van der Waals surface area contributed by atoms with Gasteiger partial charge in [0, 0.05) is 30.5 Å². The highest BCUT2D eigenvalue weighted by Gasteiger charge is 2.14. The predicted octanol–water partition coefficient (Wildman–Crippen LogP) is 4.67. The van der Waals surface area contributed by atoms with Gasteiger partial charge in [-0.1, -0.05) is 18.5 Å². The molecule has 28 heavy (non-hydrogen) atoms. The van der Waals surface area contributed by atoms with E-state index in [0.29, 0.717) is 16.4 Å². The average Bonchev–Trinajstić information content (AvgIpc) is 2.89. The molecule has 0 spiro atoms. The van der Waals surface area contributed by atoms with Crippen LogP contribution in [0.1, 0.15) is 37.2 Å². The van der Waals surface area contributed by atoms with Crippen LogP contribution in [0.3, 0.4) is 0 Å². The molecule has 1 heterocycles. The van der Waals surface area contributed by atoms with E-state index in [4.69, 9.17) is 11.6 Å². The standard InChI is InChI=1S/C21H23ClN4O2/c1-5-8-26-13(2)9-16(14(26)3)10-17(12-23)21(28)25-18-6-7-19(22)20(11-18)24-15(4)27/h6-7,9-11H,5,8H2,1-4H3,(H,24,27)(H,25,28). The number of amides is 2. The van der Waals surface area contributed by atoms with Gasteiger partial charge in [-0.3, -0.25) is 9.59 Å². The van der Waals surface area contributed by atoms with E-state index in [0.717, 1.165) is 29.9 Å². The minimum atomic E-state index is -0.529. The number of carbonyl (C=O) groups is 2. The fraction of sp³-hybridized carbons (Fsp3) is 0.286. The van der Waals surface area contributed by atoms with Crippen molar-refractivity contribution >= 4 is 40.9 Å². The first-order valence-electron chi connectivity index (χ1n) is 8.93. The Kier molecular flexibility index (Phi) is 7.02. The van der Waals surface area contributed by atoms with E-state index in [1.54, 1.807) is 24.3 Å². The summed E-state index contributed by atoms with van der Waals surface area (Å²) in [6.45, 7) is 8.33. The van der Waals surface area contributed by atoms with Gasteiger partial charge >= 0.3 is 0 Å². The lowest BCUT2D eigenvalue weighted by Gasteiger charge is -2.09. The zero-order chi connectivity index (χ0) is 20.8. The Morgan fingerprint density at radius 3 is 2.57 bits per heavy atom. The van der Waals surface area contributed by atoms with Gasteiger partial charge in [0.25, 0.3) is 5.91 Å². The molecular formula is C21H23ClN4O2. The highest BCUT2D eigenvalue weighted by Crippen LogP contribution is 2.26. The van der Waals surface area contributed by atoms with Gasteiger partial charge in [-0.25, -0.2) is 0 Å². The van der Waals surface area contributed by atoms with Gasteiger partial charge in [0.2, 0.25) is 5.91 Å². The zero-order valence-corrected chi connectivity index (χ0v) is 17.1. The van der Waals surface area contributed by atoms with Crippen LogP contribution in [0.4, 0.5) is 11.4 Å². The molecule has 0 aliphatic carbocycles. The van der Waals surface area contributed by atoms with Crippen LogP contribution in [0.5, 0.6) is 0 Å². The molecule has 2 N–H and O–H groups in total. The van der Waals surface area contributed by atoms with Crippen molar-refractivity contribution in [2.75, 3.05) is 10.6 Å². The van der Waals surface area contributed by atoms with Crippen molar-refractivity contribution in [1.82, 2.24) is 4.57 Å². The lowest BCUT2D eigenvalue weighted by atomic mass is 10.1. The molecular weight excluding hydrogens is 376 g/mol. The van der Waals surface area contributed by atoms with Gasteiger partial charge in [-0.15, -0.1) is 0 Å². The molecule has 0 fully saturated rings. The lowest BCUT2D eigenvalue weighted by molar-refractivity contribution is -0.114. The summed E-state index contributed by atoms with van der Waals surface area (Å²) < 4.78 is 2.16. The number of hydrogen-bond acceptors (Lipinski definition) is 3. The topological polar surface area (TPSA) is 86.9 Å². The number of nitriles is 1. The van der Waals surface area contributed by atoms with Gasteiger partial charge in [0.05, 0.1) is 10.7 Å². The Morgan fingerprint density at radius 2 is 1.96 bits per heavy atom. The van der Waals surface area contributed by atoms with Crippen molar-refractivity contribution in [1.29, 1.82) is 5.26 Å². The molecule has 6 nitrogen and oxygen atoms in total. The SMILES string of the molecule is CCCn1c(C)cc(C=C(C#N)C(=O)Nc2ccc(Cl)c(NC(C)=O)c2)c1C. The van der Waals surface area contributed by atoms with Crippen LogP contribution in [-0.2, 0) is 16.1 Å². The first kappa shape index (κ1) is 21.3. The number of aromatic nitrogens is 1. The number of benzene rings is 1. The van der Waals surface area contributed by atoms with Gasteiger partial charge in [-0.2, -0.15) is 5.26 Å². The van der Waals surface area contributed by atoms with Crippen LogP contribution in [-0.4, -0.2) is 16.4 Å². The van der Waals surface area contributed by atoms with Crippen molar-refractivity contribution in [2.45, 2.75) is 40.7 Å². The van der Waals surface area contributed by atoms with Crippen molar-refractivity contribution < 1.29 is 9.59 Å². The monoisotopic (exact) mass is 398 g/mol. The quantitative estimate of drug-likeness (QED) is 0.547. The normalized spacial score (nSPS) is 11.1. The van der Waals surface area contributed by atoms with E-state index in [1.165, 1.54) is 6.92 Å². The summed E-state index contributed by atoms with van der Waals surface area (Å²) in [6, 6.07) is 8.64. The van der Waals surface area contributed by atoms with E-state index in [9.17, 15) is 14.9 Å². The number of anilines is 2. The molecule has 2 amide bonds. The summed E-state index contributed by atoms with van der Waals surface area (Å²) in [6.07, 6.45) is 2.59. The molecule has 146 valence electrons. The molecule has 1 aromatic heterocycles. The van der Waals surface area contributed by atoms with Crippen molar-refractivity contribution in [3.05, 3.63) is 51.8 Å². The van der Waals surface area contributed by atoms with Gasteiger partial charge < -0.3 is 15.2 Å². The Hall–Kier alpha value is -3.04. The van der Waals surface area contributed by atoms with E-state index >= 15 is 0 Å². The largest absolute Gasteiger partial charge is 0.349 e. The second kappa shape index (κ2) is 9.25. The van der Waals surface area contributed by atoms with Gasteiger partial charge in [0.1, 0.15) is 11.6 Å². The zero-order valence-electron chi connectivity index (χ0n) is 16.4. The third-order valence-corrected chi connectivity index (χ3v) is 4.59. The van der Waals surface area contributed by atoms with E-state index in [2.05, 4.69) is 22.1 Å². The number of nitrogens with one attached hydrogen (secondary N) is 2. The highest BCUT2D eigenvalue weighted by molar-refractivity contribution is 6.33. The maximum atomic E-state index is 12.6. The first-order chi connectivity index (χ1) is 13.3. The van der Waals surface area contributed by atoms with Crippen molar-refractivity contribution in [3.8, 4) is 6.07 Å². The molecule has 1 aromatic carbocycles. The van der Waals surface area contributed by atoms with Crippen molar-refractivity contribution in [3.63, 3.8) is 0 Å². The molecule has 7 heteroatoms. The van der Waals surface area contributed by atoms with E-state index in [1.807, 2.05) is 26.0 Å². The molecule has 2 rings (SSSR count). The third kappa shape index (κ3) is 5.02. The van der Waals surface area contributed by atoms with Gasteiger partial charge in [0.15, 0.2) is 0 Å². The molecule has 0 aliphatic rings. The lowest BCUT2D eigenvalue weighted by Crippen LogP contribution is -2.14. The fourth-order valence-corrected chi connectivity index (χ4v) is 3.10. The van der Waals surface area contributed by atoms with Crippen LogP contribution in [0.25, 0.3) is 6.08 Å². The summed E-state index contributed by atoms with van der Waals surface area (Å²) in [5.41, 5.74) is 3.74. The Bertz CT molecular complexity index is 983. The molecule has 0 saturated heterocycles. The summed E-state index contributed by atoms with van der Waals surface area (Å²) in [4.78, 5) is 23.8. The number of halogens is 1.